The maximum absolute atomic E-state index is 10.5. The van der Waals surface area contributed by atoms with Crippen molar-refractivity contribution in [2.45, 2.75) is 19.8 Å². The summed E-state index contributed by atoms with van der Waals surface area (Å²) < 4.78 is 9.42. The molecule has 1 aliphatic rings. The Labute approximate surface area is 81.4 Å². The Bertz CT molecular complexity index is 186. The Morgan fingerprint density at radius 2 is 2.07 bits per heavy atom. The van der Waals surface area contributed by atoms with Gasteiger partial charge in [-0.25, -0.2) is 9.59 Å². The average molecular weight is 206 g/mol. The van der Waals surface area contributed by atoms with Crippen molar-refractivity contribution in [1.82, 2.24) is 0 Å². The first-order chi connectivity index (χ1) is 6.56. The van der Waals surface area contributed by atoms with E-state index in [1.165, 1.54) is 0 Å². The van der Waals surface area contributed by atoms with Crippen molar-refractivity contribution >= 4 is 12.3 Å². The Morgan fingerprint density at radius 1 is 1.50 bits per heavy atom. The van der Waals surface area contributed by atoms with Gasteiger partial charge in [-0.1, -0.05) is 6.92 Å². The summed E-state index contributed by atoms with van der Waals surface area (Å²) in [5.41, 5.74) is 0. The third kappa shape index (κ3) is 7.20. The van der Waals surface area contributed by atoms with Crippen LogP contribution in [0.5, 0.6) is 0 Å². The average Bonchev–Trinajstić information content (AvgIpc) is 2.28. The fourth-order valence-electron chi connectivity index (χ4n) is 0.942. The van der Waals surface area contributed by atoms with Crippen LogP contribution in [0, 0.1) is 5.92 Å². The minimum absolute atomic E-state index is 0.492. The highest BCUT2D eigenvalue weighted by molar-refractivity contribution is 5.59. The van der Waals surface area contributed by atoms with E-state index in [0.717, 1.165) is 12.8 Å². The van der Waals surface area contributed by atoms with E-state index in [4.69, 9.17) is 19.7 Å². The Morgan fingerprint density at radius 3 is 2.57 bits per heavy atom. The van der Waals surface area contributed by atoms with Crippen molar-refractivity contribution in [3.8, 4) is 0 Å². The molecular formula is C8H14O6. The number of cyclic esters (lactones) is 2. The van der Waals surface area contributed by atoms with Gasteiger partial charge in [0.25, 0.3) is 0 Å². The molecule has 0 aromatic carbocycles. The highest BCUT2D eigenvalue weighted by Gasteiger charge is 2.15. The highest BCUT2D eigenvalue weighted by atomic mass is 16.7. The standard InChI is InChI=1S/C7H12O3.CH2O3/c1-2-6-3-4-9-7(8)10-5-6;2-1(3)4/h6H,2-5H2,1H3;(H2,2,3,4). The van der Waals surface area contributed by atoms with E-state index >= 15 is 0 Å². The predicted molar refractivity (Wildman–Crippen MR) is 46.4 cm³/mol. The Hall–Kier alpha value is -1.46. The van der Waals surface area contributed by atoms with E-state index in [2.05, 4.69) is 11.7 Å². The van der Waals surface area contributed by atoms with E-state index in [1.54, 1.807) is 0 Å². The summed E-state index contributed by atoms with van der Waals surface area (Å²) in [6.07, 6.45) is -0.366. The van der Waals surface area contributed by atoms with Crippen molar-refractivity contribution in [2.75, 3.05) is 13.2 Å². The molecule has 1 unspecified atom stereocenters. The second kappa shape index (κ2) is 6.99. The lowest BCUT2D eigenvalue weighted by molar-refractivity contribution is 0.0695. The zero-order chi connectivity index (χ0) is 11.0. The molecule has 1 fully saturated rings. The number of carbonyl (C=O) groups is 2. The van der Waals surface area contributed by atoms with Crippen LogP contribution in [0.1, 0.15) is 19.8 Å². The zero-order valence-corrected chi connectivity index (χ0v) is 7.93. The molecule has 6 heteroatoms. The van der Waals surface area contributed by atoms with E-state index in [0.29, 0.717) is 19.1 Å². The first-order valence-electron chi connectivity index (χ1n) is 4.27. The van der Waals surface area contributed by atoms with Crippen LogP contribution in [-0.2, 0) is 9.47 Å². The molecule has 2 N–H and O–H groups in total. The number of carboxylic acid groups (broad SMARTS) is 2. The molecule has 0 saturated carbocycles. The summed E-state index contributed by atoms with van der Waals surface area (Å²) in [5, 5.41) is 13.9. The Kier molecular flexibility index (Phi) is 6.26. The molecule has 82 valence electrons. The van der Waals surface area contributed by atoms with Gasteiger partial charge in [-0.15, -0.1) is 0 Å². The van der Waals surface area contributed by atoms with Crippen molar-refractivity contribution in [2.24, 2.45) is 5.92 Å². The van der Waals surface area contributed by atoms with Gasteiger partial charge in [0.15, 0.2) is 0 Å². The normalized spacial score (nSPS) is 20.6. The molecule has 14 heavy (non-hydrogen) atoms. The molecule has 1 aliphatic heterocycles. The van der Waals surface area contributed by atoms with Crippen molar-refractivity contribution in [3.63, 3.8) is 0 Å². The van der Waals surface area contributed by atoms with Crippen LogP contribution in [0.25, 0.3) is 0 Å². The lowest BCUT2D eigenvalue weighted by atomic mass is 10.1. The van der Waals surface area contributed by atoms with Gasteiger partial charge >= 0.3 is 12.3 Å². The highest BCUT2D eigenvalue weighted by Crippen LogP contribution is 2.12. The summed E-state index contributed by atoms with van der Waals surface area (Å²) in [7, 11) is 0. The van der Waals surface area contributed by atoms with Crippen molar-refractivity contribution in [1.29, 1.82) is 0 Å². The van der Waals surface area contributed by atoms with E-state index in [-0.39, 0.29) is 0 Å². The number of carbonyl (C=O) groups excluding carboxylic acids is 1. The van der Waals surface area contributed by atoms with Crippen molar-refractivity contribution < 1.29 is 29.3 Å². The van der Waals surface area contributed by atoms with E-state index in [1.807, 2.05) is 0 Å². The van der Waals surface area contributed by atoms with Crippen molar-refractivity contribution in [3.05, 3.63) is 0 Å². The molecule has 0 aromatic heterocycles. The Balaban J connectivity index is 0.000000364. The molecule has 0 bridgehead atoms. The summed E-state index contributed by atoms with van der Waals surface area (Å²) in [6.45, 7) is 3.12. The maximum atomic E-state index is 10.5. The summed E-state index contributed by atoms with van der Waals surface area (Å²) in [6, 6.07) is 0. The molecule has 6 nitrogen and oxygen atoms in total. The lowest BCUT2D eigenvalue weighted by Crippen LogP contribution is -2.07. The molecule has 0 spiro atoms. The van der Waals surface area contributed by atoms with Crippen LogP contribution in [0.3, 0.4) is 0 Å². The summed E-state index contributed by atoms with van der Waals surface area (Å²) in [5.74, 6) is 0.492. The van der Waals surface area contributed by atoms with E-state index < -0.39 is 12.3 Å². The SMILES string of the molecule is CCC1CCOC(=O)OC1.O=C(O)O. The molecule has 0 amide bonds. The van der Waals surface area contributed by atoms with Gasteiger partial charge in [0.2, 0.25) is 0 Å². The summed E-state index contributed by atoms with van der Waals surface area (Å²) in [4.78, 5) is 19.1. The second-order valence-corrected chi connectivity index (χ2v) is 2.75. The molecule has 0 radical (unpaired) electrons. The van der Waals surface area contributed by atoms with Gasteiger partial charge in [-0.05, 0) is 18.8 Å². The molecule has 1 heterocycles. The number of hydrogen-bond acceptors (Lipinski definition) is 4. The van der Waals surface area contributed by atoms with Crippen LogP contribution in [0.15, 0.2) is 0 Å². The molecule has 1 saturated heterocycles. The van der Waals surface area contributed by atoms with Crippen LogP contribution in [0.2, 0.25) is 0 Å². The molecule has 0 aliphatic carbocycles. The first kappa shape index (κ1) is 12.5. The van der Waals surface area contributed by atoms with Crippen LogP contribution in [-0.4, -0.2) is 35.7 Å². The monoisotopic (exact) mass is 206 g/mol. The maximum Gasteiger partial charge on any atom is 0.508 e. The number of rotatable bonds is 1. The second-order valence-electron chi connectivity index (χ2n) is 2.75. The van der Waals surface area contributed by atoms with Crippen LogP contribution >= 0.6 is 0 Å². The summed E-state index contributed by atoms with van der Waals surface area (Å²) >= 11 is 0. The lowest BCUT2D eigenvalue weighted by Gasteiger charge is -2.06. The van der Waals surface area contributed by atoms with Gasteiger partial charge < -0.3 is 19.7 Å². The number of hydrogen-bond donors (Lipinski definition) is 2. The smallest absolute Gasteiger partial charge is 0.450 e. The fourth-order valence-corrected chi connectivity index (χ4v) is 0.942. The van der Waals surface area contributed by atoms with Gasteiger partial charge in [-0.2, -0.15) is 0 Å². The molecule has 1 rings (SSSR count). The predicted octanol–water partition coefficient (Wildman–Crippen LogP) is 1.79. The van der Waals surface area contributed by atoms with E-state index in [9.17, 15) is 4.79 Å². The number of ether oxygens (including phenoxy) is 2. The van der Waals surface area contributed by atoms with Gasteiger partial charge in [-0.3, -0.25) is 0 Å². The largest absolute Gasteiger partial charge is 0.508 e. The third-order valence-corrected chi connectivity index (χ3v) is 1.76. The van der Waals surface area contributed by atoms with Gasteiger partial charge in [0.05, 0.1) is 13.2 Å². The first-order valence-corrected chi connectivity index (χ1v) is 4.27. The van der Waals surface area contributed by atoms with Crippen LogP contribution in [0.4, 0.5) is 9.59 Å². The van der Waals surface area contributed by atoms with Gasteiger partial charge in [0.1, 0.15) is 0 Å². The molecular weight excluding hydrogens is 192 g/mol. The quantitative estimate of drug-likeness (QED) is 0.635. The zero-order valence-electron chi connectivity index (χ0n) is 7.93. The topological polar surface area (TPSA) is 93.1 Å². The molecule has 1 atom stereocenters. The minimum atomic E-state index is -1.83. The fraction of sp³-hybridized carbons (Fsp3) is 0.750. The van der Waals surface area contributed by atoms with Gasteiger partial charge in [0, 0.05) is 0 Å². The van der Waals surface area contributed by atoms with Crippen LogP contribution < -0.4 is 0 Å². The minimum Gasteiger partial charge on any atom is -0.450 e. The molecule has 0 aromatic rings. The third-order valence-electron chi connectivity index (χ3n) is 1.76.